The lowest BCUT2D eigenvalue weighted by Gasteiger charge is -2.31. The van der Waals surface area contributed by atoms with Crippen molar-refractivity contribution < 1.29 is 13.2 Å². The Balaban J connectivity index is 1.87. The number of rotatable bonds is 4. The molecule has 24 heavy (non-hydrogen) atoms. The van der Waals surface area contributed by atoms with Crippen LogP contribution in [-0.4, -0.2) is 10.5 Å². The van der Waals surface area contributed by atoms with Crippen LogP contribution < -0.4 is 0 Å². The number of thioether (sulfide) groups is 1. The van der Waals surface area contributed by atoms with Crippen molar-refractivity contribution in [3.05, 3.63) is 59.9 Å². The van der Waals surface area contributed by atoms with Crippen LogP contribution in [0.1, 0.15) is 49.1 Å². The van der Waals surface area contributed by atoms with Gasteiger partial charge in [-0.1, -0.05) is 31.4 Å². The fourth-order valence-electron chi connectivity index (χ4n) is 3.65. The van der Waals surface area contributed by atoms with Crippen molar-refractivity contribution in [1.82, 2.24) is 4.98 Å². The van der Waals surface area contributed by atoms with E-state index in [1.807, 2.05) is 24.3 Å². The van der Waals surface area contributed by atoms with Crippen LogP contribution in [-0.2, 0) is 0 Å². The van der Waals surface area contributed by atoms with Crippen molar-refractivity contribution in [2.24, 2.45) is 5.92 Å². The van der Waals surface area contributed by atoms with Crippen LogP contribution in [0.25, 0.3) is 0 Å². The first-order chi connectivity index (χ1) is 11.5. The topological polar surface area (TPSA) is 12.9 Å². The van der Waals surface area contributed by atoms with E-state index in [-0.39, 0.29) is 22.6 Å². The fourth-order valence-corrected chi connectivity index (χ4v) is 4.19. The quantitative estimate of drug-likeness (QED) is 0.591. The zero-order chi connectivity index (χ0) is 17.0. The summed E-state index contributed by atoms with van der Waals surface area (Å²) in [6.45, 7) is 0. The SMILES string of the molecule is FC(F)(F)Sc1ccc(C(c2ccncc2)C2CCCCC2)cc1. The standard InChI is InChI=1S/C19H20F3NS/c20-19(21,22)24-17-8-6-15(7-9-17)18(14-4-2-1-3-5-14)16-10-12-23-13-11-16/h6-14,18H,1-5H2. The highest BCUT2D eigenvalue weighted by Gasteiger charge is 2.30. The summed E-state index contributed by atoms with van der Waals surface area (Å²) in [5.74, 6) is 0.778. The van der Waals surface area contributed by atoms with Crippen molar-refractivity contribution in [3.8, 4) is 0 Å². The molecule has 1 fully saturated rings. The van der Waals surface area contributed by atoms with Gasteiger partial charge in [0.1, 0.15) is 0 Å². The Morgan fingerprint density at radius 1 is 0.875 bits per heavy atom. The first-order valence-electron chi connectivity index (χ1n) is 8.28. The molecule has 3 rings (SSSR count). The predicted molar refractivity (Wildman–Crippen MR) is 91.0 cm³/mol. The van der Waals surface area contributed by atoms with Gasteiger partial charge in [0.2, 0.25) is 0 Å². The summed E-state index contributed by atoms with van der Waals surface area (Å²) in [6.07, 6.45) is 9.67. The number of hydrogen-bond acceptors (Lipinski definition) is 2. The highest BCUT2D eigenvalue weighted by Crippen LogP contribution is 2.42. The van der Waals surface area contributed by atoms with Gasteiger partial charge in [-0.15, -0.1) is 0 Å². The molecule has 0 aliphatic heterocycles. The van der Waals surface area contributed by atoms with Crippen LogP contribution in [0.3, 0.4) is 0 Å². The summed E-state index contributed by atoms with van der Waals surface area (Å²) in [5, 5.41) is 0. The third kappa shape index (κ3) is 4.53. The molecule has 0 radical (unpaired) electrons. The number of aromatic nitrogens is 1. The maximum atomic E-state index is 12.5. The Bertz CT molecular complexity index is 634. The molecule has 0 amide bonds. The number of nitrogens with zero attached hydrogens (tertiary/aromatic N) is 1. The van der Waals surface area contributed by atoms with Crippen molar-refractivity contribution in [3.63, 3.8) is 0 Å². The van der Waals surface area contributed by atoms with Gasteiger partial charge in [-0.2, -0.15) is 13.2 Å². The molecule has 0 spiro atoms. The molecule has 5 heteroatoms. The van der Waals surface area contributed by atoms with Crippen LogP contribution in [0, 0.1) is 5.92 Å². The monoisotopic (exact) mass is 351 g/mol. The Morgan fingerprint density at radius 3 is 2.04 bits per heavy atom. The van der Waals surface area contributed by atoms with E-state index in [9.17, 15) is 13.2 Å². The minimum atomic E-state index is -4.24. The molecular formula is C19H20F3NS. The third-order valence-corrected chi connectivity index (χ3v) is 5.40. The number of pyridine rings is 1. The van der Waals surface area contributed by atoms with Gasteiger partial charge < -0.3 is 0 Å². The number of alkyl halides is 3. The van der Waals surface area contributed by atoms with E-state index in [4.69, 9.17) is 0 Å². The predicted octanol–water partition coefficient (Wildman–Crippen LogP) is 6.41. The fraction of sp³-hybridized carbons (Fsp3) is 0.421. The van der Waals surface area contributed by atoms with E-state index >= 15 is 0 Å². The second-order valence-corrected chi connectivity index (χ2v) is 7.41. The molecule has 1 nitrogen and oxygen atoms in total. The largest absolute Gasteiger partial charge is 0.446 e. The molecule has 0 saturated heterocycles. The molecule has 1 heterocycles. The molecule has 1 aliphatic carbocycles. The summed E-state index contributed by atoms with van der Waals surface area (Å²) >= 11 is -0.0574. The summed E-state index contributed by atoms with van der Waals surface area (Å²) in [5.41, 5.74) is -1.94. The maximum Gasteiger partial charge on any atom is 0.446 e. The van der Waals surface area contributed by atoms with Gasteiger partial charge in [-0.25, -0.2) is 0 Å². The normalized spacial score (nSPS) is 17.6. The summed E-state index contributed by atoms with van der Waals surface area (Å²) < 4.78 is 37.5. The molecule has 1 aromatic carbocycles. The average molecular weight is 351 g/mol. The lowest BCUT2D eigenvalue weighted by atomic mass is 9.74. The highest BCUT2D eigenvalue weighted by molar-refractivity contribution is 8.00. The minimum Gasteiger partial charge on any atom is -0.265 e. The number of halogens is 3. The average Bonchev–Trinajstić information content (AvgIpc) is 2.57. The molecule has 1 aromatic heterocycles. The number of hydrogen-bond donors (Lipinski definition) is 0. The van der Waals surface area contributed by atoms with E-state index in [1.54, 1.807) is 24.5 Å². The molecule has 1 unspecified atom stereocenters. The zero-order valence-electron chi connectivity index (χ0n) is 13.3. The van der Waals surface area contributed by atoms with E-state index in [2.05, 4.69) is 4.98 Å². The van der Waals surface area contributed by atoms with E-state index in [0.29, 0.717) is 5.92 Å². The first kappa shape index (κ1) is 17.3. The van der Waals surface area contributed by atoms with Crippen molar-refractivity contribution in [2.75, 3.05) is 0 Å². The second kappa shape index (κ2) is 7.60. The van der Waals surface area contributed by atoms with Crippen LogP contribution in [0.4, 0.5) is 13.2 Å². The molecule has 128 valence electrons. The molecule has 1 atom stereocenters. The summed E-state index contributed by atoms with van der Waals surface area (Å²) in [7, 11) is 0. The van der Waals surface area contributed by atoms with Crippen LogP contribution in [0.5, 0.6) is 0 Å². The van der Waals surface area contributed by atoms with E-state index in [0.717, 1.165) is 5.56 Å². The Kier molecular flexibility index (Phi) is 5.49. The van der Waals surface area contributed by atoms with Crippen molar-refractivity contribution in [2.45, 2.75) is 48.4 Å². The lowest BCUT2D eigenvalue weighted by molar-refractivity contribution is -0.0328. The van der Waals surface area contributed by atoms with Gasteiger partial charge in [-0.05, 0) is 65.9 Å². The summed E-state index contributed by atoms with van der Waals surface area (Å²) in [4.78, 5) is 4.33. The molecular weight excluding hydrogens is 331 g/mol. The van der Waals surface area contributed by atoms with Gasteiger partial charge in [0, 0.05) is 23.2 Å². The van der Waals surface area contributed by atoms with Crippen LogP contribution >= 0.6 is 11.8 Å². The van der Waals surface area contributed by atoms with E-state index < -0.39 is 5.51 Å². The summed E-state index contributed by atoms with van der Waals surface area (Å²) in [6, 6.07) is 10.9. The Morgan fingerprint density at radius 2 is 1.46 bits per heavy atom. The molecule has 0 N–H and O–H groups in total. The maximum absolute atomic E-state index is 12.5. The number of benzene rings is 1. The molecule has 2 aromatic rings. The van der Waals surface area contributed by atoms with Gasteiger partial charge in [0.15, 0.2) is 0 Å². The lowest BCUT2D eigenvalue weighted by Crippen LogP contribution is -2.17. The molecule has 1 aliphatic rings. The van der Waals surface area contributed by atoms with Crippen molar-refractivity contribution in [1.29, 1.82) is 0 Å². The molecule has 0 bridgehead atoms. The van der Waals surface area contributed by atoms with Gasteiger partial charge in [-0.3, -0.25) is 4.98 Å². The smallest absolute Gasteiger partial charge is 0.265 e. The third-order valence-electron chi connectivity index (χ3n) is 4.66. The first-order valence-corrected chi connectivity index (χ1v) is 9.10. The highest BCUT2D eigenvalue weighted by atomic mass is 32.2. The van der Waals surface area contributed by atoms with Crippen molar-refractivity contribution >= 4 is 11.8 Å². The minimum absolute atomic E-state index is 0.0574. The Labute approximate surface area is 144 Å². The van der Waals surface area contributed by atoms with E-state index in [1.165, 1.54) is 37.7 Å². The zero-order valence-corrected chi connectivity index (χ0v) is 14.1. The van der Waals surface area contributed by atoms with Gasteiger partial charge >= 0.3 is 5.51 Å². The van der Waals surface area contributed by atoms with Crippen LogP contribution in [0.2, 0.25) is 0 Å². The molecule has 1 saturated carbocycles. The van der Waals surface area contributed by atoms with Crippen LogP contribution in [0.15, 0.2) is 53.7 Å². The van der Waals surface area contributed by atoms with Gasteiger partial charge in [0.25, 0.3) is 0 Å². The second-order valence-electron chi connectivity index (χ2n) is 6.27. The van der Waals surface area contributed by atoms with Gasteiger partial charge in [0.05, 0.1) is 0 Å². The Hall–Kier alpha value is -1.49.